The van der Waals surface area contributed by atoms with Crippen LogP contribution in [0.5, 0.6) is 0 Å². The zero-order valence-electron chi connectivity index (χ0n) is 8.48. The molecule has 1 aromatic rings. The molecule has 0 aliphatic carbocycles. The summed E-state index contributed by atoms with van der Waals surface area (Å²) in [6.45, 7) is 3.46. The number of imidazole rings is 1. The van der Waals surface area contributed by atoms with E-state index in [9.17, 15) is 5.11 Å². The van der Waals surface area contributed by atoms with E-state index in [4.69, 9.17) is 5.73 Å². The third-order valence-corrected chi connectivity index (χ3v) is 2.91. The van der Waals surface area contributed by atoms with Crippen molar-refractivity contribution in [3.05, 3.63) is 17.7 Å². The highest BCUT2D eigenvalue weighted by Crippen LogP contribution is 2.23. The number of nitrogens with two attached hydrogens (primary N) is 1. The molecular weight excluding hydrogens is 178 g/mol. The molecule has 4 heteroatoms. The molecule has 2 rings (SSSR count). The van der Waals surface area contributed by atoms with Crippen molar-refractivity contribution in [3.8, 4) is 0 Å². The fraction of sp³-hybridized carbons (Fsp3) is 0.700. The standard InChI is InChI=1S/C10H17N3O/c1-7-2-3-13-8(9(14)5-11)6-12-10(13)4-7/h6-7,9,14H,2-5,11H2,1H3. The number of aliphatic hydroxyl groups excluding tert-OH is 1. The second kappa shape index (κ2) is 3.71. The third-order valence-electron chi connectivity index (χ3n) is 2.91. The van der Waals surface area contributed by atoms with Crippen LogP contribution < -0.4 is 5.73 Å². The van der Waals surface area contributed by atoms with Crippen molar-refractivity contribution in [2.24, 2.45) is 11.7 Å². The normalized spacial score (nSPS) is 23.2. The van der Waals surface area contributed by atoms with Crippen LogP contribution in [0.4, 0.5) is 0 Å². The second-order valence-corrected chi connectivity index (χ2v) is 4.10. The molecule has 0 bridgehead atoms. The smallest absolute Gasteiger partial charge is 0.109 e. The largest absolute Gasteiger partial charge is 0.385 e. The highest BCUT2D eigenvalue weighted by atomic mass is 16.3. The minimum absolute atomic E-state index is 0.265. The van der Waals surface area contributed by atoms with Gasteiger partial charge in [-0.25, -0.2) is 4.98 Å². The lowest BCUT2D eigenvalue weighted by Gasteiger charge is -2.22. The van der Waals surface area contributed by atoms with Crippen LogP contribution in [0.15, 0.2) is 6.20 Å². The summed E-state index contributed by atoms with van der Waals surface area (Å²) in [5, 5.41) is 9.65. The summed E-state index contributed by atoms with van der Waals surface area (Å²) in [4.78, 5) is 4.32. The van der Waals surface area contributed by atoms with E-state index < -0.39 is 6.10 Å². The molecule has 0 fully saturated rings. The van der Waals surface area contributed by atoms with Gasteiger partial charge in [-0.3, -0.25) is 0 Å². The topological polar surface area (TPSA) is 64.1 Å². The molecule has 78 valence electrons. The van der Waals surface area contributed by atoms with Crippen LogP contribution in [0.2, 0.25) is 0 Å². The van der Waals surface area contributed by atoms with Gasteiger partial charge in [0, 0.05) is 19.5 Å². The fourth-order valence-corrected chi connectivity index (χ4v) is 2.00. The molecule has 1 aromatic heterocycles. The molecule has 3 N–H and O–H groups in total. The SMILES string of the molecule is CC1CCn2c(C(O)CN)cnc2C1. The van der Waals surface area contributed by atoms with Gasteiger partial charge in [0.1, 0.15) is 11.9 Å². The predicted octanol–water partition coefficient (Wildman–Crippen LogP) is 0.457. The highest BCUT2D eigenvalue weighted by molar-refractivity contribution is 5.11. The number of aliphatic hydroxyl groups is 1. The summed E-state index contributed by atoms with van der Waals surface area (Å²) in [6, 6.07) is 0. The molecule has 0 amide bonds. The zero-order valence-corrected chi connectivity index (χ0v) is 8.48. The molecule has 4 nitrogen and oxygen atoms in total. The molecule has 2 atom stereocenters. The first-order chi connectivity index (χ1) is 6.72. The van der Waals surface area contributed by atoms with E-state index >= 15 is 0 Å². The molecule has 1 aliphatic heterocycles. The van der Waals surface area contributed by atoms with Crippen molar-refractivity contribution >= 4 is 0 Å². The first-order valence-electron chi connectivity index (χ1n) is 5.14. The first kappa shape index (κ1) is 9.68. The van der Waals surface area contributed by atoms with E-state index in [1.807, 2.05) is 0 Å². The Hall–Kier alpha value is -0.870. The average molecular weight is 195 g/mol. The summed E-state index contributed by atoms with van der Waals surface area (Å²) in [7, 11) is 0. The molecule has 2 heterocycles. The minimum atomic E-state index is -0.565. The number of fused-ring (bicyclic) bond motifs is 1. The van der Waals surface area contributed by atoms with Crippen molar-refractivity contribution < 1.29 is 5.11 Å². The van der Waals surface area contributed by atoms with Crippen LogP contribution in [-0.2, 0) is 13.0 Å². The number of rotatable bonds is 2. The molecule has 0 spiro atoms. The number of aromatic nitrogens is 2. The number of nitrogens with zero attached hydrogens (tertiary/aromatic N) is 2. The van der Waals surface area contributed by atoms with Crippen LogP contribution in [0.3, 0.4) is 0 Å². The summed E-state index contributed by atoms with van der Waals surface area (Å²) in [5.74, 6) is 1.79. The molecule has 0 saturated carbocycles. The fourth-order valence-electron chi connectivity index (χ4n) is 2.00. The third kappa shape index (κ3) is 1.55. The summed E-state index contributed by atoms with van der Waals surface area (Å²) in [5.41, 5.74) is 6.30. The maximum Gasteiger partial charge on any atom is 0.109 e. The van der Waals surface area contributed by atoms with E-state index in [1.165, 1.54) is 0 Å². The van der Waals surface area contributed by atoms with Gasteiger partial charge in [-0.1, -0.05) is 6.92 Å². The van der Waals surface area contributed by atoms with Crippen molar-refractivity contribution in [2.75, 3.05) is 6.54 Å². The lowest BCUT2D eigenvalue weighted by Crippen LogP contribution is -2.22. The Morgan fingerprint density at radius 1 is 1.79 bits per heavy atom. The molecular formula is C10H17N3O. The van der Waals surface area contributed by atoms with Crippen molar-refractivity contribution in [1.82, 2.24) is 9.55 Å². The lowest BCUT2D eigenvalue weighted by molar-refractivity contribution is 0.174. The minimum Gasteiger partial charge on any atom is -0.385 e. The van der Waals surface area contributed by atoms with Crippen LogP contribution >= 0.6 is 0 Å². The second-order valence-electron chi connectivity index (χ2n) is 4.10. The van der Waals surface area contributed by atoms with Gasteiger partial charge in [0.2, 0.25) is 0 Å². The Kier molecular flexibility index (Phi) is 2.56. The number of hydrogen-bond donors (Lipinski definition) is 2. The summed E-state index contributed by atoms with van der Waals surface area (Å²) < 4.78 is 2.11. The Morgan fingerprint density at radius 3 is 3.29 bits per heavy atom. The van der Waals surface area contributed by atoms with Gasteiger partial charge in [-0.05, 0) is 12.3 Å². The van der Waals surface area contributed by atoms with Crippen LogP contribution in [0.1, 0.15) is 31.0 Å². The highest BCUT2D eigenvalue weighted by Gasteiger charge is 2.21. The molecule has 0 saturated heterocycles. The summed E-state index contributed by atoms with van der Waals surface area (Å²) >= 11 is 0. The van der Waals surface area contributed by atoms with Crippen LogP contribution in [0, 0.1) is 5.92 Å². The Morgan fingerprint density at radius 2 is 2.57 bits per heavy atom. The van der Waals surface area contributed by atoms with E-state index in [1.54, 1.807) is 6.20 Å². The lowest BCUT2D eigenvalue weighted by atomic mass is 10.0. The maximum atomic E-state index is 9.65. The van der Waals surface area contributed by atoms with Crippen molar-refractivity contribution in [1.29, 1.82) is 0 Å². The monoisotopic (exact) mass is 195 g/mol. The molecule has 2 unspecified atom stereocenters. The van der Waals surface area contributed by atoms with Gasteiger partial charge < -0.3 is 15.4 Å². The first-order valence-corrected chi connectivity index (χ1v) is 5.14. The van der Waals surface area contributed by atoms with Gasteiger partial charge >= 0.3 is 0 Å². The predicted molar refractivity (Wildman–Crippen MR) is 53.7 cm³/mol. The zero-order chi connectivity index (χ0) is 10.1. The Balaban J connectivity index is 2.28. The van der Waals surface area contributed by atoms with Crippen molar-refractivity contribution in [2.45, 2.75) is 32.4 Å². The quantitative estimate of drug-likeness (QED) is 0.720. The van der Waals surface area contributed by atoms with Gasteiger partial charge in [-0.2, -0.15) is 0 Å². The van der Waals surface area contributed by atoms with Gasteiger partial charge in [0.05, 0.1) is 11.9 Å². The number of hydrogen-bond acceptors (Lipinski definition) is 3. The van der Waals surface area contributed by atoms with Gasteiger partial charge in [0.25, 0.3) is 0 Å². The average Bonchev–Trinajstić information content (AvgIpc) is 2.59. The van der Waals surface area contributed by atoms with Gasteiger partial charge in [0.15, 0.2) is 0 Å². The van der Waals surface area contributed by atoms with Gasteiger partial charge in [-0.15, -0.1) is 0 Å². The Bertz CT molecular complexity index is 321. The molecule has 0 radical (unpaired) electrons. The Labute approximate surface area is 83.8 Å². The molecule has 14 heavy (non-hydrogen) atoms. The molecule has 0 aromatic carbocycles. The van der Waals surface area contributed by atoms with Crippen molar-refractivity contribution in [3.63, 3.8) is 0 Å². The summed E-state index contributed by atoms with van der Waals surface area (Å²) in [6.07, 6.45) is 3.36. The maximum absolute atomic E-state index is 9.65. The van der Waals surface area contributed by atoms with Crippen LogP contribution in [-0.4, -0.2) is 21.2 Å². The van der Waals surface area contributed by atoms with Crippen LogP contribution in [0.25, 0.3) is 0 Å². The van der Waals surface area contributed by atoms with E-state index in [2.05, 4.69) is 16.5 Å². The van der Waals surface area contributed by atoms with E-state index in [-0.39, 0.29) is 6.54 Å². The van der Waals surface area contributed by atoms with E-state index in [0.717, 1.165) is 30.9 Å². The molecule has 1 aliphatic rings. The van der Waals surface area contributed by atoms with E-state index in [0.29, 0.717) is 5.92 Å².